The lowest BCUT2D eigenvalue weighted by Gasteiger charge is -2.65. The minimum absolute atomic E-state index is 0.0200. The van der Waals surface area contributed by atoms with E-state index in [9.17, 15) is 9.18 Å². The molecule has 6 nitrogen and oxygen atoms in total. The van der Waals surface area contributed by atoms with Crippen LogP contribution in [-0.4, -0.2) is 45.7 Å². The smallest absolute Gasteiger partial charge is 0.322 e. The van der Waals surface area contributed by atoms with Gasteiger partial charge >= 0.3 is 6.03 Å². The maximum absolute atomic E-state index is 13.2. The molecule has 4 rings (SSSR count). The number of fused-ring (bicyclic) bond motifs is 2. The molecule has 1 aliphatic carbocycles. The number of nitrogens with zero attached hydrogens (tertiary/aromatic N) is 3. The van der Waals surface area contributed by atoms with Gasteiger partial charge in [0.15, 0.2) is 11.6 Å². The minimum atomic E-state index is -0.480. The summed E-state index contributed by atoms with van der Waals surface area (Å²) in [5.74, 6) is 0.531. The molecule has 1 aliphatic heterocycles. The molecule has 0 spiro atoms. The second-order valence-corrected chi connectivity index (χ2v) is 8.44. The lowest BCUT2D eigenvalue weighted by atomic mass is 9.62. The molecule has 29 heavy (non-hydrogen) atoms. The van der Waals surface area contributed by atoms with E-state index in [-0.39, 0.29) is 23.7 Å². The number of ether oxygens (including phenoxy) is 1. The topological polar surface area (TPSA) is 67.3 Å². The van der Waals surface area contributed by atoms with Crippen molar-refractivity contribution < 1.29 is 13.9 Å². The van der Waals surface area contributed by atoms with E-state index in [1.165, 1.54) is 0 Å². The summed E-state index contributed by atoms with van der Waals surface area (Å²) in [6.45, 7) is 6.22. The van der Waals surface area contributed by atoms with Crippen molar-refractivity contribution in [3.63, 3.8) is 0 Å². The van der Waals surface area contributed by atoms with Gasteiger partial charge in [-0.3, -0.25) is 0 Å². The van der Waals surface area contributed by atoms with Crippen molar-refractivity contribution in [3.05, 3.63) is 42.0 Å². The molecule has 7 heteroatoms. The molecular formula is C22H27FN4O2. The normalized spacial score (nSPS) is 26.6. The van der Waals surface area contributed by atoms with Gasteiger partial charge in [0.2, 0.25) is 0 Å². The highest BCUT2D eigenvalue weighted by molar-refractivity contribution is 5.92. The van der Waals surface area contributed by atoms with Crippen molar-refractivity contribution in [2.75, 3.05) is 12.4 Å². The summed E-state index contributed by atoms with van der Waals surface area (Å²) < 4.78 is 18.8. The lowest BCUT2D eigenvalue weighted by Crippen LogP contribution is -2.76. The van der Waals surface area contributed by atoms with Gasteiger partial charge in [-0.2, -0.15) is 0 Å². The molecular weight excluding hydrogens is 371 g/mol. The molecule has 1 saturated carbocycles. The Morgan fingerprint density at radius 2 is 2.07 bits per heavy atom. The first-order valence-electron chi connectivity index (χ1n) is 10.1. The van der Waals surface area contributed by atoms with Crippen LogP contribution in [0.2, 0.25) is 0 Å². The highest BCUT2D eigenvalue weighted by Gasteiger charge is 2.61. The molecule has 0 radical (unpaired) electrons. The lowest BCUT2D eigenvalue weighted by molar-refractivity contribution is -0.155. The second kappa shape index (κ2) is 7.37. The van der Waals surface area contributed by atoms with Crippen LogP contribution in [-0.2, 0) is 4.74 Å². The standard InChI is InChI=1S/C22H27FN4O2/c1-13-7-18-10-22(9-13,15(3)29-4)27(18)21(28)26-17-6-5-14(2)19(8-17)20-24-11-16(23)12-25-20/h5-6,8,11-13,15,18H,7,9-10H2,1-4H3,(H,26,28)/t13-,15+,18?,22?/m1/s1. The van der Waals surface area contributed by atoms with Gasteiger partial charge in [0.05, 0.1) is 24.0 Å². The van der Waals surface area contributed by atoms with E-state index < -0.39 is 5.82 Å². The van der Waals surface area contributed by atoms with Crippen LogP contribution in [0.5, 0.6) is 0 Å². The molecule has 2 aromatic rings. The number of amides is 2. The van der Waals surface area contributed by atoms with E-state index in [0.29, 0.717) is 17.4 Å². The number of carbonyl (C=O) groups excluding carboxylic acids is 1. The maximum Gasteiger partial charge on any atom is 0.322 e. The Morgan fingerprint density at radius 3 is 2.76 bits per heavy atom. The summed E-state index contributed by atoms with van der Waals surface area (Å²) >= 11 is 0. The molecule has 1 saturated heterocycles. The number of benzene rings is 1. The molecule has 2 bridgehead atoms. The monoisotopic (exact) mass is 398 g/mol. The Morgan fingerprint density at radius 1 is 1.34 bits per heavy atom. The van der Waals surface area contributed by atoms with E-state index >= 15 is 0 Å². The van der Waals surface area contributed by atoms with Crippen molar-refractivity contribution >= 4 is 11.7 Å². The number of aryl methyl sites for hydroxylation is 1. The van der Waals surface area contributed by atoms with Crippen LogP contribution in [0.3, 0.4) is 0 Å². The van der Waals surface area contributed by atoms with Crippen LogP contribution in [0.15, 0.2) is 30.6 Å². The van der Waals surface area contributed by atoms with Gasteiger partial charge in [0, 0.05) is 24.4 Å². The molecule has 2 fully saturated rings. The van der Waals surface area contributed by atoms with E-state index in [2.05, 4.69) is 22.2 Å². The van der Waals surface area contributed by atoms with Crippen molar-refractivity contribution in [1.29, 1.82) is 0 Å². The van der Waals surface area contributed by atoms with Crippen LogP contribution >= 0.6 is 0 Å². The maximum atomic E-state index is 13.2. The Balaban J connectivity index is 1.57. The zero-order valence-corrected chi connectivity index (χ0v) is 17.3. The number of anilines is 1. The van der Waals surface area contributed by atoms with Gasteiger partial charge in [-0.15, -0.1) is 0 Å². The van der Waals surface area contributed by atoms with Crippen molar-refractivity contribution in [2.24, 2.45) is 5.92 Å². The SMILES string of the molecule is CO[C@@H](C)C12CC(C[C@@H](C)C1)N2C(=O)Nc1ccc(C)c(-c2ncc(F)cn2)c1. The Labute approximate surface area is 170 Å². The number of methoxy groups -OCH3 is 1. The summed E-state index contributed by atoms with van der Waals surface area (Å²) in [7, 11) is 1.71. The summed E-state index contributed by atoms with van der Waals surface area (Å²) in [6, 6.07) is 5.76. The van der Waals surface area contributed by atoms with Crippen LogP contribution in [0.4, 0.5) is 14.9 Å². The molecule has 1 aromatic heterocycles. The minimum Gasteiger partial charge on any atom is -0.379 e. The highest BCUT2D eigenvalue weighted by Crippen LogP contribution is 2.52. The van der Waals surface area contributed by atoms with Crippen molar-refractivity contribution in [3.8, 4) is 11.4 Å². The fourth-order valence-corrected chi connectivity index (χ4v) is 5.06. The number of hydrogen-bond donors (Lipinski definition) is 1. The zero-order valence-electron chi connectivity index (χ0n) is 17.3. The second-order valence-electron chi connectivity index (χ2n) is 8.44. The summed E-state index contributed by atoms with van der Waals surface area (Å²) in [5, 5.41) is 3.04. The van der Waals surface area contributed by atoms with Crippen LogP contribution in [0.1, 0.15) is 38.7 Å². The summed E-state index contributed by atoms with van der Waals surface area (Å²) in [6.07, 6.45) is 5.23. The van der Waals surface area contributed by atoms with Gasteiger partial charge in [-0.1, -0.05) is 13.0 Å². The molecule has 1 N–H and O–H groups in total. The van der Waals surface area contributed by atoms with Crippen molar-refractivity contribution in [1.82, 2.24) is 14.9 Å². The van der Waals surface area contributed by atoms with E-state index in [1.54, 1.807) is 7.11 Å². The average Bonchev–Trinajstić information content (AvgIpc) is 2.68. The molecule has 2 heterocycles. The van der Waals surface area contributed by atoms with Gasteiger partial charge in [0.1, 0.15) is 0 Å². The van der Waals surface area contributed by atoms with E-state index in [4.69, 9.17) is 4.74 Å². The Kier molecular flexibility index (Phi) is 5.02. The predicted octanol–water partition coefficient (Wildman–Crippen LogP) is 4.40. The Bertz CT molecular complexity index is 920. The molecule has 2 aliphatic rings. The first kappa shape index (κ1) is 19.8. The Hall–Kier alpha value is -2.54. The number of urea groups is 1. The average molecular weight is 398 g/mol. The third-order valence-corrected chi connectivity index (χ3v) is 6.49. The third-order valence-electron chi connectivity index (χ3n) is 6.49. The fourth-order valence-electron chi connectivity index (χ4n) is 5.06. The summed E-state index contributed by atoms with van der Waals surface area (Å²) in [5.41, 5.74) is 2.14. The number of aromatic nitrogens is 2. The van der Waals surface area contributed by atoms with E-state index in [0.717, 1.165) is 42.8 Å². The highest BCUT2D eigenvalue weighted by atomic mass is 19.1. The van der Waals surface area contributed by atoms with Gasteiger partial charge in [-0.05, 0) is 56.7 Å². The number of nitrogens with one attached hydrogen (secondary N) is 1. The van der Waals surface area contributed by atoms with E-state index in [1.807, 2.05) is 36.9 Å². The molecule has 154 valence electrons. The third kappa shape index (κ3) is 3.37. The largest absolute Gasteiger partial charge is 0.379 e. The number of piperidine rings is 1. The molecule has 2 unspecified atom stereocenters. The van der Waals surface area contributed by atoms with Gasteiger partial charge < -0.3 is 15.0 Å². The van der Waals surface area contributed by atoms with Crippen LogP contribution in [0.25, 0.3) is 11.4 Å². The number of hydrogen-bond acceptors (Lipinski definition) is 4. The zero-order chi connectivity index (χ0) is 20.8. The van der Waals surface area contributed by atoms with Gasteiger partial charge in [0.25, 0.3) is 0 Å². The number of carbonyl (C=O) groups is 1. The molecule has 4 atom stereocenters. The first-order chi connectivity index (χ1) is 13.8. The number of rotatable bonds is 4. The van der Waals surface area contributed by atoms with Gasteiger partial charge in [-0.25, -0.2) is 19.2 Å². The molecule has 1 aromatic carbocycles. The number of likely N-dealkylation sites (tertiary alicyclic amines) is 1. The predicted molar refractivity (Wildman–Crippen MR) is 109 cm³/mol. The first-order valence-corrected chi connectivity index (χ1v) is 10.1. The summed E-state index contributed by atoms with van der Waals surface area (Å²) in [4.78, 5) is 23.3. The fraction of sp³-hybridized carbons (Fsp3) is 0.500. The molecule has 2 amide bonds. The number of halogens is 1. The van der Waals surface area contributed by atoms with Crippen molar-refractivity contribution in [2.45, 2.75) is 57.7 Å². The van der Waals surface area contributed by atoms with Crippen LogP contribution in [0, 0.1) is 18.7 Å². The quantitative estimate of drug-likeness (QED) is 0.829. The van der Waals surface area contributed by atoms with Crippen LogP contribution < -0.4 is 5.32 Å².